The molecule has 1 unspecified atom stereocenters. The van der Waals surface area contributed by atoms with Crippen LogP contribution in [0.1, 0.15) is 24.4 Å². The number of hydrogen-bond donors (Lipinski definition) is 2. The van der Waals surface area contributed by atoms with Crippen molar-refractivity contribution in [3.8, 4) is 0 Å². The van der Waals surface area contributed by atoms with Crippen LogP contribution in [-0.4, -0.2) is 21.0 Å². The molecule has 0 radical (unpaired) electrons. The van der Waals surface area contributed by atoms with Gasteiger partial charge in [-0.25, -0.2) is 4.98 Å². The van der Waals surface area contributed by atoms with E-state index in [4.69, 9.17) is 0 Å². The molecule has 1 heterocycles. The van der Waals surface area contributed by atoms with E-state index < -0.39 is 6.10 Å². The number of aliphatic hydroxyl groups is 1. The second-order valence-corrected chi connectivity index (χ2v) is 4.43. The molecule has 5 heteroatoms. The van der Waals surface area contributed by atoms with Gasteiger partial charge in [0.25, 0.3) is 0 Å². The lowest BCUT2D eigenvalue weighted by Gasteiger charge is -2.10. The Hall–Kier alpha value is -1.46. The van der Waals surface area contributed by atoms with Gasteiger partial charge >= 0.3 is 0 Å². The summed E-state index contributed by atoms with van der Waals surface area (Å²) in [6.45, 7) is 2.47. The van der Waals surface area contributed by atoms with Crippen molar-refractivity contribution in [1.82, 2.24) is 9.36 Å². The fourth-order valence-electron chi connectivity index (χ4n) is 1.45. The molecule has 1 atom stereocenters. The summed E-state index contributed by atoms with van der Waals surface area (Å²) in [6.07, 6.45) is 0.310. The maximum atomic E-state index is 9.94. The molecule has 17 heavy (non-hydrogen) atoms. The molecule has 0 spiro atoms. The molecule has 0 aliphatic heterocycles. The molecule has 90 valence electrons. The van der Waals surface area contributed by atoms with Crippen molar-refractivity contribution in [1.29, 1.82) is 0 Å². The molecule has 0 bridgehead atoms. The van der Waals surface area contributed by atoms with Crippen LogP contribution in [0, 0.1) is 0 Å². The minimum atomic E-state index is -0.523. The number of rotatable bonds is 5. The highest BCUT2D eigenvalue weighted by atomic mass is 32.1. The molecule has 0 saturated carbocycles. The first-order valence-corrected chi connectivity index (χ1v) is 6.36. The van der Waals surface area contributed by atoms with Crippen LogP contribution in [0.4, 0.5) is 5.13 Å². The van der Waals surface area contributed by atoms with Crippen LogP contribution in [-0.2, 0) is 6.42 Å². The van der Waals surface area contributed by atoms with Crippen molar-refractivity contribution < 1.29 is 5.11 Å². The van der Waals surface area contributed by atoms with Gasteiger partial charge in [0.1, 0.15) is 5.82 Å². The third kappa shape index (κ3) is 3.25. The average Bonchev–Trinajstić information content (AvgIpc) is 2.85. The zero-order chi connectivity index (χ0) is 12.1. The van der Waals surface area contributed by atoms with Gasteiger partial charge in [-0.05, 0) is 5.56 Å². The molecule has 0 aliphatic carbocycles. The molecule has 2 aromatic rings. The van der Waals surface area contributed by atoms with Crippen LogP contribution in [0.15, 0.2) is 30.3 Å². The Morgan fingerprint density at radius 1 is 1.35 bits per heavy atom. The summed E-state index contributed by atoms with van der Waals surface area (Å²) in [7, 11) is 0. The normalized spacial score (nSPS) is 12.4. The Morgan fingerprint density at radius 3 is 2.76 bits per heavy atom. The third-order valence-corrected chi connectivity index (χ3v) is 3.13. The van der Waals surface area contributed by atoms with E-state index in [1.165, 1.54) is 11.5 Å². The van der Waals surface area contributed by atoms with Crippen LogP contribution < -0.4 is 5.32 Å². The largest absolute Gasteiger partial charge is 0.387 e. The number of nitrogens with one attached hydrogen (secondary N) is 1. The van der Waals surface area contributed by atoms with Gasteiger partial charge in [0, 0.05) is 24.5 Å². The number of aliphatic hydroxyl groups excluding tert-OH is 1. The van der Waals surface area contributed by atoms with Gasteiger partial charge in [-0.1, -0.05) is 37.3 Å². The Morgan fingerprint density at radius 2 is 2.12 bits per heavy atom. The maximum absolute atomic E-state index is 9.94. The number of anilines is 1. The minimum Gasteiger partial charge on any atom is -0.387 e. The second-order valence-electron chi connectivity index (χ2n) is 3.68. The standard InChI is InChI=1S/C12H15N3OS/c1-2-11-14-12(17-15-11)13-8-10(16)9-6-4-3-5-7-9/h3-7,10,16H,2,8H2,1H3,(H,13,14,15). The van der Waals surface area contributed by atoms with Crippen LogP contribution in [0.25, 0.3) is 0 Å². The summed E-state index contributed by atoms with van der Waals surface area (Å²) in [5.74, 6) is 0.840. The number of aryl methyl sites for hydroxylation is 1. The summed E-state index contributed by atoms with van der Waals surface area (Å²) in [5, 5.41) is 13.8. The summed E-state index contributed by atoms with van der Waals surface area (Å²) >= 11 is 1.33. The van der Waals surface area contributed by atoms with E-state index >= 15 is 0 Å². The minimum absolute atomic E-state index is 0.447. The highest BCUT2D eigenvalue weighted by Crippen LogP contribution is 2.15. The van der Waals surface area contributed by atoms with Crippen molar-refractivity contribution in [2.45, 2.75) is 19.4 Å². The molecule has 0 saturated heterocycles. The van der Waals surface area contributed by atoms with Gasteiger partial charge in [0.05, 0.1) is 6.10 Å². The van der Waals surface area contributed by atoms with E-state index in [0.717, 1.165) is 22.9 Å². The highest BCUT2D eigenvalue weighted by Gasteiger charge is 2.08. The van der Waals surface area contributed by atoms with Crippen molar-refractivity contribution in [2.24, 2.45) is 0 Å². The number of aromatic nitrogens is 2. The number of nitrogens with zero attached hydrogens (tertiary/aromatic N) is 2. The fraction of sp³-hybridized carbons (Fsp3) is 0.333. The molecular weight excluding hydrogens is 234 g/mol. The van der Waals surface area contributed by atoms with E-state index in [9.17, 15) is 5.11 Å². The summed E-state index contributed by atoms with van der Waals surface area (Å²) in [6, 6.07) is 9.58. The lowest BCUT2D eigenvalue weighted by atomic mass is 10.1. The molecular formula is C12H15N3OS. The summed E-state index contributed by atoms with van der Waals surface area (Å²) < 4.78 is 4.17. The molecule has 0 aliphatic rings. The smallest absolute Gasteiger partial charge is 0.202 e. The Bertz CT molecular complexity index is 458. The lowest BCUT2D eigenvalue weighted by molar-refractivity contribution is 0.191. The van der Waals surface area contributed by atoms with Crippen LogP contribution in [0.2, 0.25) is 0 Å². The molecule has 0 amide bonds. The Labute approximate surface area is 105 Å². The van der Waals surface area contributed by atoms with E-state index in [-0.39, 0.29) is 0 Å². The first-order valence-electron chi connectivity index (χ1n) is 5.59. The van der Waals surface area contributed by atoms with Gasteiger partial charge in [0.15, 0.2) is 0 Å². The second kappa shape index (κ2) is 5.75. The van der Waals surface area contributed by atoms with E-state index in [2.05, 4.69) is 14.7 Å². The Kier molecular flexibility index (Phi) is 4.06. The average molecular weight is 249 g/mol. The third-order valence-electron chi connectivity index (χ3n) is 2.42. The van der Waals surface area contributed by atoms with E-state index in [0.29, 0.717) is 6.54 Å². The van der Waals surface area contributed by atoms with Gasteiger partial charge < -0.3 is 10.4 Å². The quantitative estimate of drug-likeness (QED) is 0.853. The zero-order valence-corrected chi connectivity index (χ0v) is 10.4. The topological polar surface area (TPSA) is 58.0 Å². The van der Waals surface area contributed by atoms with Crippen LogP contribution in [0.5, 0.6) is 0 Å². The van der Waals surface area contributed by atoms with Crippen molar-refractivity contribution in [3.05, 3.63) is 41.7 Å². The number of benzene rings is 1. The Balaban J connectivity index is 1.90. The highest BCUT2D eigenvalue weighted by molar-refractivity contribution is 7.09. The van der Waals surface area contributed by atoms with Crippen molar-refractivity contribution in [3.63, 3.8) is 0 Å². The lowest BCUT2D eigenvalue weighted by Crippen LogP contribution is -2.11. The van der Waals surface area contributed by atoms with Crippen molar-refractivity contribution >= 4 is 16.7 Å². The van der Waals surface area contributed by atoms with E-state index in [1.807, 2.05) is 37.3 Å². The first kappa shape index (κ1) is 12.0. The molecule has 2 N–H and O–H groups in total. The molecule has 2 rings (SSSR count). The SMILES string of the molecule is CCc1nsc(NCC(O)c2ccccc2)n1. The van der Waals surface area contributed by atoms with Gasteiger partial charge in [-0.15, -0.1) is 0 Å². The van der Waals surface area contributed by atoms with Gasteiger partial charge in [0.2, 0.25) is 5.13 Å². The van der Waals surface area contributed by atoms with Crippen molar-refractivity contribution in [2.75, 3.05) is 11.9 Å². The molecule has 0 fully saturated rings. The van der Waals surface area contributed by atoms with E-state index in [1.54, 1.807) is 0 Å². The van der Waals surface area contributed by atoms with Crippen LogP contribution in [0.3, 0.4) is 0 Å². The molecule has 1 aromatic carbocycles. The predicted octanol–water partition coefficient (Wildman–Crippen LogP) is 2.25. The van der Waals surface area contributed by atoms with Crippen LogP contribution >= 0.6 is 11.5 Å². The zero-order valence-electron chi connectivity index (χ0n) is 9.63. The molecule has 4 nitrogen and oxygen atoms in total. The number of hydrogen-bond acceptors (Lipinski definition) is 5. The maximum Gasteiger partial charge on any atom is 0.202 e. The fourth-order valence-corrected chi connectivity index (χ4v) is 2.10. The van der Waals surface area contributed by atoms with Gasteiger partial charge in [-0.3, -0.25) is 0 Å². The summed E-state index contributed by atoms with van der Waals surface area (Å²) in [5.41, 5.74) is 0.903. The predicted molar refractivity (Wildman–Crippen MR) is 69.2 cm³/mol. The summed E-state index contributed by atoms with van der Waals surface area (Å²) in [4.78, 5) is 4.28. The van der Waals surface area contributed by atoms with Gasteiger partial charge in [-0.2, -0.15) is 4.37 Å². The molecule has 1 aromatic heterocycles. The first-order chi connectivity index (χ1) is 8.29. The monoisotopic (exact) mass is 249 g/mol.